The number of aromatic nitrogens is 3. The van der Waals surface area contributed by atoms with E-state index in [-0.39, 0.29) is 0 Å². The lowest BCUT2D eigenvalue weighted by molar-refractivity contribution is 1.17. The monoisotopic (exact) mass is 245 g/mol. The van der Waals surface area contributed by atoms with Crippen molar-refractivity contribution in [2.24, 2.45) is 0 Å². The molecule has 0 atom stereocenters. The Hall–Kier alpha value is -2.68. The van der Waals surface area contributed by atoms with Crippen LogP contribution in [-0.2, 0) is 0 Å². The molecule has 4 aromatic rings. The minimum atomic E-state index is 0.995. The van der Waals surface area contributed by atoms with E-state index in [1.54, 1.807) is 0 Å². The maximum Gasteiger partial charge on any atom is 0.0978 e. The average Bonchev–Trinajstić information content (AvgIpc) is 2.83. The molecular formula is C16H11N3. The van der Waals surface area contributed by atoms with Gasteiger partial charge in [-0.15, -0.1) is 0 Å². The Kier molecular flexibility index (Phi) is 2.12. The van der Waals surface area contributed by atoms with Crippen LogP contribution in [0.4, 0.5) is 0 Å². The van der Waals surface area contributed by atoms with Crippen molar-refractivity contribution in [1.29, 1.82) is 0 Å². The van der Waals surface area contributed by atoms with E-state index in [1.165, 1.54) is 0 Å². The van der Waals surface area contributed by atoms with Crippen LogP contribution in [0.3, 0.4) is 0 Å². The number of benzene rings is 1. The Morgan fingerprint density at radius 2 is 1.68 bits per heavy atom. The number of fused-ring (bicyclic) bond motifs is 3. The van der Waals surface area contributed by atoms with Gasteiger partial charge in [-0.2, -0.15) is 0 Å². The van der Waals surface area contributed by atoms with Crippen molar-refractivity contribution in [3.05, 3.63) is 67.1 Å². The number of para-hydroxylation sites is 1. The topological polar surface area (TPSA) is 30.7 Å². The van der Waals surface area contributed by atoms with E-state index >= 15 is 0 Å². The van der Waals surface area contributed by atoms with Crippen LogP contribution >= 0.6 is 0 Å². The largest absolute Gasteiger partial charge is 0.308 e. The highest BCUT2D eigenvalue weighted by molar-refractivity contribution is 6.06. The van der Waals surface area contributed by atoms with Gasteiger partial charge in [-0.05, 0) is 30.3 Å². The van der Waals surface area contributed by atoms with Gasteiger partial charge >= 0.3 is 0 Å². The molecule has 0 aliphatic carbocycles. The van der Waals surface area contributed by atoms with Crippen LogP contribution in [0.5, 0.6) is 0 Å². The first-order chi connectivity index (χ1) is 9.45. The second-order valence-electron chi connectivity index (χ2n) is 4.43. The zero-order chi connectivity index (χ0) is 12.7. The first-order valence-electron chi connectivity index (χ1n) is 6.20. The highest BCUT2D eigenvalue weighted by atomic mass is 15.0. The second-order valence-corrected chi connectivity index (χ2v) is 4.43. The fourth-order valence-corrected chi connectivity index (χ4v) is 2.53. The van der Waals surface area contributed by atoms with Crippen LogP contribution in [0, 0.1) is 0 Å². The molecule has 19 heavy (non-hydrogen) atoms. The number of nitrogens with zero attached hydrogens (tertiary/aromatic N) is 3. The van der Waals surface area contributed by atoms with Gasteiger partial charge in [-0.1, -0.05) is 18.2 Å². The molecule has 0 bridgehead atoms. The summed E-state index contributed by atoms with van der Waals surface area (Å²) in [6, 6.07) is 16.4. The van der Waals surface area contributed by atoms with Crippen molar-refractivity contribution in [2.75, 3.05) is 0 Å². The number of pyridine rings is 2. The van der Waals surface area contributed by atoms with E-state index in [0.29, 0.717) is 0 Å². The van der Waals surface area contributed by atoms with Gasteiger partial charge in [0.2, 0.25) is 0 Å². The van der Waals surface area contributed by atoms with E-state index < -0.39 is 0 Å². The summed E-state index contributed by atoms with van der Waals surface area (Å²) in [5, 5.41) is 1.09. The molecule has 3 nitrogen and oxygen atoms in total. The maximum absolute atomic E-state index is 4.49. The van der Waals surface area contributed by atoms with E-state index in [9.17, 15) is 0 Å². The van der Waals surface area contributed by atoms with Gasteiger partial charge in [0.15, 0.2) is 0 Å². The van der Waals surface area contributed by atoms with Crippen molar-refractivity contribution in [2.45, 2.75) is 0 Å². The van der Waals surface area contributed by atoms with Gasteiger partial charge in [-0.3, -0.25) is 9.97 Å². The van der Waals surface area contributed by atoms with Crippen LogP contribution in [0.1, 0.15) is 0 Å². The molecule has 0 radical (unpaired) electrons. The molecule has 0 fully saturated rings. The summed E-state index contributed by atoms with van der Waals surface area (Å²) in [4.78, 5) is 8.71. The molecule has 0 spiro atoms. The molecule has 90 valence electrons. The van der Waals surface area contributed by atoms with Crippen molar-refractivity contribution in [1.82, 2.24) is 14.5 Å². The van der Waals surface area contributed by atoms with Gasteiger partial charge in [-0.25, -0.2) is 0 Å². The van der Waals surface area contributed by atoms with Crippen LogP contribution in [0.15, 0.2) is 67.1 Å². The third-order valence-electron chi connectivity index (χ3n) is 3.34. The number of hydrogen-bond acceptors (Lipinski definition) is 2. The third-order valence-corrected chi connectivity index (χ3v) is 3.34. The summed E-state index contributed by atoms with van der Waals surface area (Å²) in [5.74, 6) is 0. The smallest absolute Gasteiger partial charge is 0.0978 e. The fraction of sp³-hybridized carbons (Fsp3) is 0. The predicted molar refractivity (Wildman–Crippen MR) is 76.4 cm³/mol. The Balaban J connectivity index is 2.24. The Morgan fingerprint density at radius 3 is 2.58 bits per heavy atom. The Bertz CT molecular complexity index is 810. The van der Waals surface area contributed by atoms with E-state index in [1.807, 2.05) is 48.9 Å². The summed E-state index contributed by atoms with van der Waals surface area (Å²) in [6.45, 7) is 0. The highest BCUT2D eigenvalue weighted by Gasteiger charge is 2.11. The van der Waals surface area contributed by atoms with Crippen molar-refractivity contribution in [3.63, 3.8) is 0 Å². The molecule has 3 heteroatoms. The minimum absolute atomic E-state index is 0.995. The molecule has 3 heterocycles. The van der Waals surface area contributed by atoms with Crippen LogP contribution in [0.25, 0.3) is 27.6 Å². The normalized spacial score (nSPS) is 11.2. The van der Waals surface area contributed by atoms with Gasteiger partial charge in [0.05, 0.1) is 16.6 Å². The average molecular weight is 245 g/mol. The third kappa shape index (κ3) is 1.45. The summed E-state index contributed by atoms with van der Waals surface area (Å²) in [7, 11) is 0. The summed E-state index contributed by atoms with van der Waals surface area (Å²) in [6.07, 6.45) is 5.52. The molecule has 0 amide bonds. The van der Waals surface area contributed by atoms with E-state index in [4.69, 9.17) is 0 Å². The zero-order valence-corrected chi connectivity index (χ0v) is 10.2. The van der Waals surface area contributed by atoms with E-state index in [0.717, 1.165) is 27.6 Å². The molecule has 0 aliphatic heterocycles. The van der Waals surface area contributed by atoms with Crippen LogP contribution in [0.2, 0.25) is 0 Å². The molecule has 0 N–H and O–H groups in total. The minimum Gasteiger partial charge on any atom is -0.308 e. The van der Waals surface area contributed by atoms with Gasteiger partial charge in [0.1, 0.15) is 0 Å². The van der Waals surface area contributed by atoms with Gasteiger partial charge in [0, 0.05) is 29.7 Å². The first-order valence-corrected chi connectivity index (χ1v) is 6.20. The summed E-state index contributed by atoms with van der Waals surface area (Å²) >= 11 is 0. The number of rotatable bonds is 1. The molecular weight excluding hydrogens is 234 g/mol. The van der Waals surface area contributed by atoms with Crippen LogP contribution in [-0.4, -0.2) is 14.5 Å². The molecule has 1 aromatic carbocycles. The Labute approximate surface area is 110 Å². The molecule has 4 rings (SSSR count). The molecule has 0 aliphatic rings. The first kappa shape index (κ1) is 10.3. The second kappa shape index (κ2) is 3.92. The zero-order valence-electron chi connectivity index (χ0n) is 10.2. The lowest BCUT2D eigenvalue weighted by atomic mass is 10.3. The SMILES string of the molecule is c1ccc(-n2c3ccncc3c3ncccc32)cc1. The molecule has 0 saturated carbocycles. The Morgan fingerprint density at radius 1 is 0.789 bits per heavy atom. The number of hydrogen-bond donors (Lipinski definition) is 0. The van der Waals surface area contributed by atoms with Crippen LogP contribution < -0.4 is 0 Å². The van der Waals surface area contributed by atoms with Gasteiger partial charge < -0.3 is 4.57 Å². The van der Waals surface area contributed by atoms with E-state index in [2.05, 4.69) is 32.7 Å². The highest BCUT2D eigenvalue weighted by Crippen LogP contribution is 2.29. The van der Waals surface area contributed by atoms with Crippen molar-refractivity contribution in [3.8, 4) is 5.69 Å². The fourth-order valence-electron chi connectivity index (χ4n) is 2.53. The standard InChI is InChI=1S/C16H11N3/c1-2-5-12(6-3-1)19-14-8-10-17-11-13(14)16-15(19)7-4-9-18-16/h1-11H. The predicted octanol–water partition coefficient (Wildman–Crippen LogP) is 3.57. The van der Waals surface area contributed by atoms with Crippen molar-refractivity contribution < 1.29 is 0 Å². The molecule has 0 saturated heterocycles. The van der Waals surface area contributed by atoms with Gasteiger partial charge in [0.25, 0.3) is 0 Å². The molecule has 0 unspecified atom stereocenters. The summed E-state index contributed by atoms with van der Waals surface area (Å²) in [5.41, 5.74) is 4.38. The lowest BCUT2D eigenvalue weighted by Crippen LogP contribution is -1.92. The maximum atomic E-state index is 4.49. The lowest BCUT2D eigenvalue weighted by Gasteiger charge is -2.06. The van der Waals surface area contributed by atoms with Crippen molar-refractivity contribution >= 4 is 21.9 Å². The summed E-state index contributed by atoms with van der Waals surface area (Å²) < 4.78 is 2.22. The quantitative estimate of drug-likeness (QED) is 0.513. The molecule has 3 aromatic heterocycles.